The zero-order valence-corrected chi connectivity index (χ0v) is 13.3. The molecule has 24 heavy (non-hydrogen) atoms. The van der Waals surface area contributed by atoms with Crippen molar-refractivity contribution in [2.24, 2.45) is 12.2 Å². The van der Waals surface area contributed by atoms with Crippen molar-refractivity contribution >= 4 is 6.21 Å². The molecule has 1 aromatic carbocycles. The molecular weight excluding hydrogens is 315 g/mol. The summed E-state index contributed by atoms with van der Waals surface area (Å²) in [7, 11) is 1.68. The summed E-state index contributed by atoms with van der Waals surface area (Å²) in [6, 6.07) is 4.01. The highest BCUT2D eigenvalue weighted by molar-refractivity contribution is 5.96. The van der Waals surface area contributed by atoms with E-state index in [0.717, 1.165) is 0 Å². The number of oxime groups is 1. The SMILES string of the molecule is Cc1noc(C)c1-c1c(-c2ccc(O)c(F)c2)nn(C)c1/C=N/O. The van der Waals surface area contributed by atoms with Crippen LogP contribution in [-0.2, 0) is 7.05 Å². The van der Waals surface area contributed by atoms with E-state index in [1.165, 1.54) is 23.0 Å². The Morgan fingerprint density at radius 3 is 2.62 bits per heavy atom. The number of rotatable bonds is 3. The van der Waals surface area contributed by atoms with E-state index < -0.39 is 11.6 Å². The fraction of sp³-hybridized carbons (Fsp3) is 0.188. The fourth-order valence-corrected chi connectivity index (χ4v) is 2.68. The lowest BCUT2D eigenvalue weighted by atomic mass is 9.97. The average molecular weight is 330 g/mol. The van der Waals surface area contributed by atoms with E-state index in [0.29, 0.717) is 39.5 Å². The third-order valence-corrected chi connectivity index (χ3v) is 3.78. The van der Waals surface area contributed by atoms with E-state index in [2.05, 4.69) is 15.4 Å². The van der Waals surface area contributed by atoms with E-state index in [9.17, 15) is 9.50 Å². The first-order valence-corrected chi connectivity index (χ1v) is 7.10. The Morgan fingerprint density at radius 1 is 1.29 bits per heavy atom. The van der Waals surface area contributed by atoms with Crippen LogP contribution in [0.2, 0.25) is 0 Å². The van der Waals surface area contributed by atoms with Crippen molar-refractivity contribution in [1.82, 2.24) is 14.9 Å². The highest BCUT2D eigenvalue weighted by Crippen LogP contribution is 2.38. The Kier molecular flexibility index (Phi) is 3.80. The normalized spacial score (nSPS) is 11.5. The lowest BCUT2D eigenvalue weighted by Gasteiger charge is -2.05. The molecule has 3 rings (SSSR count). The van der Waals surface area contributed by atoms with Gasteiger partial charge in [-0.3, -0.25) is 4.68 Å². The quantitative estimate of drug-likeness (QED) is 0.437. The van der Waals surface area contributed by atoms with E-state index in [4.69, 9.17) is 9.73 Å². The highest BCUT2D eigenvalue weighted by atomic mass is 19.1. The topological polar surface area (TPSA) is 96.7 Å². The third-order valence-electron chi connectivity index (χ3n) is 3.78. The second kappa shape index (κ2) is 5.80. The molecule has 0 aliphatic carbocycles. The average Bonchev–Trinajstić information content (AvgIpc) is 3.03. The van der Waals surface area contributed by atoms with Crippen LogP contribution >= 0.6 is 0 Å². The van der Waals surface area contributed by atoms with E-state index in [-0.39, 0.29) is 0 Å². The molecule has 0 spiro atoms. The zero-order valence-electron chi connectivity index (χ0n) is 13.3. The van der Waals surface area contributed by atoms with Crippen LogP contribution in [0.15, 0.2) is 27.9 Å². The molecule has 2 heterocycles. The van der Waals surface area contributed by atoms with Gasteiger partial charge < -0.3 is 14.8 Å². The highest BCUT2D eigenvalue weighted by Gasteiger charge is 2.24. The van der Waals surface area contributed by atoms with Crippen LogP contribution in [0.25, 0.3) is 22.4 Å². The van der Waals surface area contributed by atoms with Crippen LogP contribution in [0.4, 0.5) is 4.39 Å². The maximum atomic E-state index is 13.8. The molecule has 0 aliphatic heterocycles. The van der Waals surface area contributed by atoms with E-state index in [1.807, 2.05) is 0 Å². The van der Waals surface area contributed by atoms with Gasteiger partial charge in [-0.05, 0) is 32.0 Å². The minimum Gasteiger partial charge on any atom is -0.505 e. The number of hydrogen-bond donors (Lipinski definition) is 2. The molecule has 0 saturated carbocycles. The van der Waals surface area contributed by atoms with Gasteiger partial charge in [0.25, 0.3) is 0 Å². The van der Waals surface area contributed by atoms with Crippen molar-refractivity contribution in [3.05, 3.63) is 41.2 Å². The van der Waals surface area contributed by atoms with Gasteiger partial charge in [0.2, 0.25) is 0 Å². The Labute approximate surface area is 136 Å². The molecule has 8 heteroatoms. The minimum absolute atomic E-state index is 0.439. The van der Waals surface area contributed by atoms with Crippen molar-refractivity contribution in [2.45, 2.75) is 13.8 Å². The van der Waals surface area contributed by atoms with Crippen molar-refractivity contribution in [3.63, 3.8) is 0 Å². The third kappa shape index (κ3) is 2.41. The van der Waals surface area contributed by atoms with E-state index >= 15 is 0 Å². The first-order valence-electron chi connectivity index (χ1n) is 7.10. The molecule has 0 fully saturated rings. The first-order chi connectivity index (χ1) is 11.4. The molecule has 0 radical (unpaired) electrons. The molecule has 2 N–H and O–H groups in total. The van der Waals surface area contributed by atoms with Crippen LogP contribution < -0.4 is 0 Å². The van der Waals surface area contributed by atoms with Crippen LogP contribution in [0, 0.1) is 19.7 Å². The fourth-order valence-electron chi connectivity index (χ4n) is 2.68. The predicted octanol–water partition coefficient (Wildman–Crippen LogP) is 3.01. The summed E-state index contributed by atoms with van der Waals surface area (Å²) in [6.07, 6.45) is 1.24. The summed E-state index contributed by atoms with van der Waals surface area (Å²) in [4.78, 5) is 0. The van der Waals surface area contributed by atoms with Crippen LogP contribution in [0.3, 0.4) is 0 Å². The summed E-state index contributed by atoms with van der Waals surface area (Å²) in [6.45, 7) is 3.53. The van der Waals surface area contributed by atoms with Gasteiger partial charge in [0.05, 0.1) is 23.2 Å². The van der Waals surface area contributed by atoms with Gasteiger partial charge in [-0.2, -0.15) is 5.10 Å². The molecule has 0 aliphatic rings. The molecule has 2 aromatic heterocycles. The van der Waals surface area contributed by atoms with Gasteiger partial charge in [0, 0.05) is 18.2 Å². The number of aromatic hydroxyl groups is 1. The Balaban J connectivity index is 2.35. The second-order valence-corrected chi connectivity index (χ2v) is 5.34. The summed E-state index contributed by atoms with van der Waals surface area (Å²) in [5, 5.41) is 29.8. The van der Waals surface area contributed by atoms with Crippen LogP contribution in [0.1, 0.15) is 17.1 Å². The Hall–Kier alpha value is -3.16. The van der Waals surface area contributed by atoms with Crippen molar-refractivity contribution < 1.29 is 19.2 Å². The molecule has 3 aromatic rings. The molecule has 0 amide bonds. The number of benzene rings is 1. The molecule has 124 valence electrons. The first kappa shape index (κ1) is 15.7. The van der Waals surface area contributed by atoms with Gasteiger partial charge in [-0.15, -0.1) is 0 Å². The number of nitrogens with zero attached hydrogens (tertiary/aromatic N) is 4. The standard InChI is InChI=1S/C16H15FN4O3/c1-8-14(9(2)24-20-8)15-12(7-18-23)21(3)19-16(15)10-4-5-13(22)11(17)6-10/h4-7,22-23H,1-3H3/b18-7+. The Bertz CT molecular complexity index is 924. The van der Waals surface area contributed by atoms with Crippen LogP contribution in [0.5, 0.6) is 5.75 Å². The molecule has 0 bridgehead atoms. The second-order valence-electron chi connectivity index (χ2n) is 5.34. The summed E-state index contributed by atoms with van der Waals surface area (Å²) in [5.74, 6) is -0.625. The maximum Gasteiger partial charge on any atom is 0.165 e. The number of aryl methyl sites for hydroxylation is 3. The van der Waals surface area contributed by atoms with Crippen LogP contribution in [-0.4, -0.2) is 31.5 Å². The maximum absolute atomic E-state index is 13.8. The lowest BCUT2D eigenvalue weighted by molar-refractivity contribution is 0.321. The number of hydrogen-bond acceptors (Lipinski definition) is 6. The van der Waals surface area contributed by atoms with E-state index in [1.54, 1.807) is 27.0 Å². The van der Waals surface area contributed by atoms with Gasteiger partial charge in [-0.25, -0.2) is 4.39 Å². The van der Waals surface area contributed by atoms with Crippen molar-refractivity contribution in [1.29, 1.82) is 0 Å². The van der Waals surface area contributed by atoms with Gasteiger partial charge >= 0.3 is 0 Å². The van der Waals surface area contributed by atoms with Gasteiger partial charge in [0.1, 0.15) is 11.5 Å². The summed E-state index contributed by atoms with van der Waals surface area (Å²) in [5.41, 5.74) is 3.37. The number of aromatic nitrogens is 3. The lowest BCUT2D eigenvalue weighted by Crippen LogP contribution is -1.98. The van der Waals surface area contributed by atoms with Gasteiger partial charge in [0.15, 0.2) is 11.6 Å². The largest absolute Gasteiger partial charge is 0.505 e. The number of halogens is 1. The zero-order chi connectivity index (χ0) is 17.4. The summed E-state index contributed by atoms with van der Waals surface area (Å²) >= 11 is 0. The molecular formula is C16H15FN4O3. The molecule has 0 unspecified atom stereocenters. The van der Waals surface area contributed by atoms with Gasteiger partial charge in [-0.1, -0.05) is 10.3 Å². The predicted molar refractivity (Wildman–Crippen MR) is 84.6 cm³/mol. The minimum atomic E-state index is -0.750. The molecule has 0 saturated heterocycles. The monoisotopic (exact) mass is 330 g/mol. The molecule has 0 atom stereocenters. The van der Waals surface area contributed by atoms with Crippen molar-refractivity contribution in [2.75, 3.05) is 0 Å². The van der Waals surface area contributed by atoms with Crippen molar-refractivity contribution in [3.8, 4) is 28.1 Å². The summed E-state index contributed by atoms with van der Waals surface area (Å²) < 4.78 is 20.5. The smallest absolute Gasteiger partial charge is 0.165 e. The Morgan fingerprint density at radius 2 is 2.04 bits per heavy atom. The number of phenols is 1. The number of phenolic OH excluding ortho intramolecular Hbond substituents is 1. The molecule has 7 nitrogen and oxygen atoms in total.